The van der Waals surface area contributed by atoms with Crippen LogP contribution in [0.3, 0.4) is 0 Å². The molecule has 4 nitrogen and oxygen atoms in total. The molecule has 0 saturated carbocycles. The third kappa shape index (κ3) is 2.58. The number of hydrogen-bond acceptors (Lipinski definition) is 2. The molecule has 0 saturated heterocycles. The number of quaternary nitrogens is 1. The first-order valence-corrected chi connectivity index (χ1v) is 8.98. The van der Waals surface area contributed by atoms with Crippen molar-refractivity contribution in [3.8, 4) is 11.3 Å². The number of hydrogen-bond donors (Lipinski definition) is 0. The van der Waals surface area contributed by atoms with E-state index in [1.165, 1.54) is 0 Å². The average Bonchev–Trinajstić information content (AvgIpc) is 2.90. The number of benzene rings is 2. The molecule has 3 aromatic rings. The van der Waals surface area contributed by atoms with E-state index in [2.05, 4.69) is 21.1 Å². The maximum Gasteiger partial charge on any atom is 0.258 e. The summed E-state index contributed by atoms with van der Waals surface area (Å²) in [4.78, 5) is 26.3. The Morgan fingerprint density at radius 1 is 0.846 bits per heavy atom. The number of carbonyl (C=O) groups is 1. The summed E-state index contributed by atoms with van der Waals surface area (Å²) in [5.74, 6) is 0.0205. The van der Waals surface area contributed by atoms with E-state index in [1.807, 2.05) is 53.1 Å². The van der Waals surface area contributed by atoms with Crippen molar-refractivity contribution in [1.29, 1.82) is 0 Å². The molecule has 1 heterocycles. The molecule has 1 aromatic heterocycles. The molecule has 26 heavy (non-hydrogen) atoms. The number of pyridine rings is 1. The molecule has 0 bridgehead atoms. The van der Waals surface area contributed by atoms with Crippen molar-refractivity contribution < 1.29 is 9.28 Å². The lowest BCUT2D eigenvalue weighted by Crippen LogP contribution is -2.36. The smallest absolute Gasteiger partial charge is 0.258 e. The zero-order valence-electron chi connectivity index (χ0n) is 15.5. The van der Waals surface area contributed by atoms with Crippen LogP contribution < -0.4 is 5.56 Å². The van der Waals surface area contributed by atoms with E-state index in [9.17, 15) is 9.59 Å². The molecule has 0 radical (unpaired) electrons. The lowest BCUT2D eigenvalue weighted by atomic mass is 10.0. The molecule has 1 aliphatic carbocycles. The van der Waals surface area contributed by atoms with Crippen LogP contribution in [0.4, 0.5) is 0 Å². The molecule has 0 aliphatic heterocycles. The van der Waals surface area contributed by atoms with Crippen molar-refractivity contribution in [1.82, 2.24) is 4.57 Å². The van der Waals surface area contributed by atoms with Gasteiger partial charge in [0.2, 0.25) is 0 Å². The number of ketones is 1. The van der Waals surface area contributed by atoms with E-state index >= 15 is 0 Å². The number of nitrogens with zero attached hydrogens (tertiary/aromatic N) is 2. The SMILES string of the molecule is C[N+](C)(C)CCCn1c2c(c3ccccc3c1=O)C(=O)c1ccccc1-2. The van der Waals surface area contributed by atoms with Gasteiger partial charge in [-0.05, 0) is 6.07 Å². The van der Waals surface area contributed by atoms with Gasteiger partial charge in [0.1, 0.15) is 0 Å². The Balaban J connectivity index is 1.97. The Morgan fingerprint density at radius 3 is 2.15 bits per heavy atom. The minimum atomic E-state index is -0.00902. The molecule has 4 heteroatoms. The van der Waals surface area contributed by atoms with Gasteiger partial charge >= 0.3 is 0 Å². The Labute approximate surface area is 152 Å². The van der Waals surface area contributed by atoms with E-state index in [0.29, 0.717) is 23.1 Å². The molecule has 0 spiro atoms. The maximum absolute atomic E-state index is 13.2. The maximum atomic E-state index is 13.2. The zero-order chi connectivity index (χ0) is 18.5. The molecule has 2 aromatic carbocycles. The molecule has 0 atom stereocenters. The van der Waals surface area contributed by atoms with Gasteiger partial charge in [-0.2, -0.15) is 0 Å². The standard InChI is InChI=1S/C22H23N2O2/c1-24(2,3)14-8-13-23-20-16-10-5-6-11-17(16)21(25)19(20)15-9-4-7-12-18(15)22(23)26/h4-7,9-12H,8,13-14H2,1-3H3/q+1. The van der Waals surface area contributed by atoms with Crippen molar-refractivity contribution in [2.24, 2.45) is 0 Å². The van der Waals surface area contributed by atoms with Gasteiger partial charge < -0.3 is 9.05 Å². The number of fused-ring (bicyclic) bond motifs is 5. The molecule has 1 aliphatic rings. The molecular weight excluding hydrogens is 324 g/mol. The fourth-order valence-corrected chi connectivity index (χ4v) is 3.85. The van der Waals surface area contributed by atoms with Crippen LogP contribution in [0.15, 0.2) is 53.3 Å². The van der Waals surface area contributed by atoms with Gasteiger partial charge in [-0.1, -0.05) is 42.5 Å². The summed E-state index contributed by atoms with van der Waals surface area (Å²) in [5.41, 5.74) is 3.02. The Hall–Kier alpha value is -2.72. The van der Waals surface area contributed by atoms with Crippen LogP contribution >= 0.6 is 0 Å². The van der Waals surface area contributed by atoms with Gasteiger partial charge in [-0.15, -0.1) is 0 Å². The fraction of sp³-hybridized carbons (Fsp3) is 0.273. The highest BCUT2D eigenvalue weighted by atomic mass is 16.1. The first kappa shape index (κ1) is 16.7. The monoisotopic (exact) mass is 347 g/mol. The minimum absolute atomic E-state index is 0.00902. The van der Waals surface area contributed by atoms with Crippen molar-refractivity contribution in [3.05, 3.63) is 70.0 Å². The summed E-state index contributed by atoms with van der Waals surface area (Å²) < 4.78 is 2.66. The minimum Gasteiger partial charge on any atom is -0.331 e. The van der Waals surface area contributed by atoms with Gasteiger partial charge in [0.15, 0.2) is 5.78 Å². The second kappa shape index (κ2) is 5.92. The van der Waals surface area contributed by atoms with Crippen molar-refractivity contribution in [2.45, 2.75) is 13.0 Å². The van der Waals surface area contributed by atoms with Crippen molar-refractivity contribution in [3.63, 3.8) is 0 Å². The highest BCUT2D eigenvalue weighted by Crippen LogP contribution is 2.39. The first-order chi connectivity index (χ1) is 12.4. The summed E-state index contributed by atoms with van der Waals surface area (Å²) in [6, 6.07) is 15.1. The van der Waals surface area contributed by atoms with Crippen LogP contribution in [-0.4, -0.2) is 42.5 Å². The van der Waals surface area contributed by atoms with Gasteiger partial charge in [-0.25, -0.2) is 0 Å². The summed E-state index contributed by atoms with van der Waals surface area (Å²) >= 11 is 0. The largest absolute Gasteiger partial charge is 0.331 e. The highest BCUT2D eigenvalue weighted by molar-refractivity contribution is 6.26. The number of aromatic nitrogens is 1. The summed E-state index contributed by atoms with van der Waals surface area (Å²) in [7, 11) is 6.44. The first-order valence-electron chi connectivity index (χ1n) is 8.98. The van der Waals surface area contributed by atoms with E-state index in [0.717, 1.165) is 34.1 Å². The lowest BCUT2D eigenvalue weighted by molar-refractivity contribution is -0.870. The van der Waals surface area contributed by atoms with Crippen LogP contribution in [0.25, 0.3) is 22.0 Å². The van der Waals surface area contributed by atoms with Gasteiger partial charge in [-0.3, -0.25) is 9.59 Å². The van der Waals surface area contributed by atoms with Crippen LogP contribution in [0.5, 0.6) is 0 Å². The third-order valence-corrected chi connectivity index (χ3v) is 5.04. The third-order valence-electron chi connectivity index (χ3n) is 5.04. The quantitative estimate of drug-likeness (QED) is 0.531. The molecule has 132 valence electrons. The van der Waals surface area contributed by atoms with Crippen LogP contribution in [0.2, 0.25) is 0 Å². The summed E-state index contributed by atoms with van der Waals surface area (Å²) in [5, 5.41) is 1.38. The normalized spacial score (nSPS) is 13.1. The van der Waals surface area contributed by atoms with E-state index in [1.54, 1.807) is 0 Å². The fourth-order valence-electron chi connectivity index (χ4n) is 3.85. The molecule has 0 fully saturated rings. The van der Waals surface area contributed by atoms with Gasteiger partial charge in [0.05, 0.1) is 38.9 Å². The van der Waals surface area contributed by atoms with Crippen LogP contribution in [0.1, 0.15) is 22.3 Å². The van der Waals surface area contributed by atoms with E-state index in [-0.39, 0.29) is 11.3 Å². The highest BCUT2D eigenvalue weighted by Gasteiger charge is 2.32. The van der Waals surface area contributed by atoms with Crippen molar-refractivity contribution in [2.75, 3.05) is 27.7 Å². The topological polar surface area (TPSA) is 39.1 Å². The molecule has 0 N–H and O–H groups in total. The second-order valence-corrected chi connectivity index (χ2v) is 7.97. The Kier molecular flexibility index (Phi) is 3.81. The van der Waals surface area contributed by atoms with Crippen LogP contribution in [0, 0.1) is 0 Å². The van der Waals surface area contributed by atoms with Crippen LogP contribution in [-0.2, 0) is 6.54 Å². The Bertz CT molecular complexity index is 1090. The van der Waals surface area contributed by atoms with Gasteiger partial charge in [0, 0.05) is 34.9 Å². The zero-order valence-corrected chi connectivity index (χ0v) is 15.5. The van der Waals surface area contributed by atoms with E-state index in [4.69, 9.17) is 0 Å². The molecular formula is C22H23N2O2+. The number of rotatable bonds is 4. The summed E-state index contributed by atoms with van der Waals surface area (Å²) in [6.07, 6.45) is 0.880. The van der Waals surface area contributed by atoms with Crippen molar-refractivity contribution >= 4 is 16.6 Å². The predicted octanol–water partition coefficient (Wildman–Crippen LogP) is 3.31. The van der Waals surface area contributed by atoms with E-state index < -0.39 is 0 Å². The predicted molar refractivity (Wildman–Crippen MR) is 105 cm³/mol. The average molecular weight is 347 g/mol. The molecule has 4 rings (SSSR count). The second-order valence-electron chi connectivity index (χ2n) is 7.97. The van der Waals surface area contributed by atoms with Gasteiger partial charge in [0.25, 0.3) is 5.56 Å². The lowest BCUT2D eigenvalue weighted by Gasteiger charge is -2.24. The number of carbonyl (C=O) groups excluding carboxylic acids is 1. The Morgan fingerprint density at radius 2 is 1.46 bits per heavy atom. The summed E-state index contributed by atoms with van der Waals surface area (Å²) in [6.45, 7) is 1.58. The molecule has 0 unspecified atom stereocenters. The molecule has 0 amide bonds.